The molecule has 9 heavy (non-hydrogen) atoms. The van der Waals surface area contributed by atoms with Crippen molar-refractivity contribution in [3.63, 3.8) is 0 Å². The van der Waals surface area contributed by atoms with Crippen molar-refractivity contribution >= 4 is 0 Å². The summed E-state index contributed by atoms with van der Waals surface area (Å²) in [7, 11) is 3.77. The van der Waals surface area contributed by atoms with Crippen LogP contribution in [0.5, 0.6) is 0 Å². The van der Waals surface area contributed by atoms with Crippen LogP contribution in [0.1, 0.15) is 12.8 Å². The van der Waals surface area contributed by atoms with E-state index in [0.717, 1.165) is 19.3 Å². The summed E-state index contributed by atoms with van der Waals surface area (Å²) >= 11 is 0. The van der Waals surface area contributed by atoms with Gasteiger partial charge in [-0.15, -0.1) is 0 Å². The average molecular weight is 127 g/mol. The van der Waals surface area contributed by atoms with Crippen LogP contribution in [0.3, 0.4) is 0 Å². The molecule has 1 aliphatic carbocycles. The number of nitrogens with two attached hydrogens (primary N) is 1. The van der Waals surface area contributed by atoms with E-state index in [2.05, 4.69) is 12.4 Å². The van der Waals surface area contributed by atoms with Gasteiger partial charge in [-0.1, -0.05) is 0 Å². The van der Waals surface area contributed by atoms with Crippen LogP contribution < -0.4 is 5.32 Å². The topological polar surface area (TPSA) is 25.8 Å². The minimum absolute atomic E-state index is 0.624. The Kier molecular flexibility index (Phi) is 1.08. The second kappa shape index (κ2) is 1.70. The van der Waals surface area contributed by atoms with Crippen LogP contribution in [0.15, 0.2) is 0 Å². The maximum Gasteiger partial charge on any atom is 0.0634 e. The Morgan fingerprint density at radius 2 is 2.11 bits per heavy atom. The Bertz CT molecular complexity index is 112. The Hall–Kier alpha value is -0.0800. The molecule has 52 valence electrons. The summed E-state index contributed by atoms with van der Waals surface area (Å²) in [4.78, 5) is 0. The van der Waals surface area contributed by atoms with E-state index < -0.39 is 0 Å². The highest BCUT2D eigenvalue weighted by Gasteiger charge is 2.50. The molecule has 0 aromatic rings. The largest absolute Gasteiger partial charge is 0.476 e. The predicted octanol–water partition coefficient (Wildman–Crippen LogP) is -0.480. The molecule has 1 saturated carbocycles. The molecule has 0 unspecified atom stereocenters. The van der Waals surface area contributed by atoms with Gasteiger partial charge in [0.15, 0.2) is 0 Å². The van der Waals surface area contributed by atoms with Gasteiger partial charge in [-0.05, 0) is 0 Å². The van der Waals surface area contributed by atoms with Crippen molar-refractivity contribution < 1.29 is 10.1 Å². The standard InChI is InChI=1S/C7H13NO/c1-8-6-2-7(3-6)4-9-5-7/h6H,1-5,8H2. The second-order valence-corrected chi connectivity index (χ2v) is 3.40. The monoisotopic (exact) mass is 127 g/mol. The number of hydrogen-bond acceptors (Lipinski definition) is 1. The van der Waals surface area contributed by atoms with Crippen LogP contribution in [-0.4, -0.2) is 19.3 Å². The molecule has 1 aliphatic heterocycles. The van der Waals surface area contributed by atoms with Gasteiger partial charge >= 0.3 is 0 Å². The lowest BCUT2D eigenvalue weighted by molar-refractivity contribution is -0.656. The zero-order valence-electron chi connectivity index (χ0n) is 5.60. The van der Waals surface area contributed by atoms with Crippen molar-refractivity contribution in [3.05, 3.63) is 7.05 Å². The molecule has 2 heteroatoms. The fourth-order valence-corrected chi connectivity index (χ4v) is 1.85. The van der Waals surface area contributed by atoms with E-state index in [9.17, 15) is 0 Å². The van der Waals surface area contributed by atoms with Gasteiger partial charge in [-0.25, -0.2) is 0 Å². The van der Waals surface area contributed by atoms with Crippen LogP contribution >= 0.6 is 0 Å². The maximum absolute atomic E-state index is 5.14. The van der Waals surface area contributed by atoms with Crippen LogP contribution in [-0.2, 0) is 4.74 Å². The summed E-state index contributed by atoms with van der Waals surface area (Å²) < 4.78 is 5.14. The van der Waals surface area contributed by atoms with Crippen molar-refractivity contribution in [2.45, 2.75) is 18.9 Å². The van der Waals surface area contributed by atoms with Crippen LogP contribution in [0, 0.1) is 12.5 Å². The lowest BCUT2D eigenvalue weighted by atomic mass is 9.64. The zero-order chi connectivity index (χ0) is 6.32. The third kappa shape index (κ3) is 0.700. The first-order valence-electron chi connectivity index (χ1n) is 3.55. The fourth-order valence-electron chi connectivity index (χ4n) is 1.85. The third-order valence-electron chi connectivity index (χ3n) is 2.54. The Labute approximate surface area is 55.6 Å². The molecule has 1 spiro atoms. The zero-order valence-corrected chi connectivity index (χ0v) is 5.60. The first-order valence-corrected chi connectivity index (χ1v) is 3.55. The highest BCUT2D eigenvalue weighted by molar-refractivity contribution is 4.97. The molecule has 1 saturated heterocycles. The van der Waals surface area contributed by atoms with Crippen LogP contribution in [0.25, 0.3) is 0 Å². The molecule has 0 atom stereocenters. The van der Waals surface area contributed by atoms with Crippen molar-refractivity contribution in [3.8, 4) is 0 Å². The molecule has 2 rings (SSSR count). The SMILES string of the molecule is [CH2-][NH2+]C1CC2(COC2)C1. The molecular weight excluding hydrogens is 114 g/mol. The fraction of sp³-hybridized carbons (Fsp3) is 0.857. The highest BCUT2D eigenvalue weighted by atomic mass is 16.5. The molecule has 0 amide bonds. The Balaban J connectivity index is 1.82. The van der Waals surface area contributed by atoms with E-state index in [0.29, 0.717) is 5.41 Å². The number of ether oxygens (including phenoxy) is 1. The van der Waals surface area contributed by atoms with Crippen molar-refractivity contribution in [2.24, 2.45) is 5.41 Å². The minimum atomic E-state index is 0.624. The Morgan fingerprint density at radius 3 is 2.44 bits per heavy atom. The molecule has 2 aliphatic rings. The van der Waals surface area contributed by atoms with Crippen molar-refractivity contribution in [2.75, 3.05) is 13.2 Å². The molecule has 0 aromatic heterocycles. The van der Waals surface area contributed by atoms with Crippen molar-refractivity contribution in [1.82, 2.24) is 0 Å². The smallest absolute Gasteiger partial charge is 0.0634 e. The highest BCUT2D eigenvalue weighted by Crippen LogP contribution is 2.45. The summed E-state index contributed by atoms with van der Waals surface area (Å²) in [6.07, 6.45) is 2.66. The molecule has 2 N–H and O–H groups in total. The molecule has 0 aromatic carbocycles. The van der Waals surface area contributed by atoms with Gasteiger partial charge in [-0.2, -0.15) is 7.05 Å². The van der Waals surface area contributed by atoms with Gasteiger partial charge in [-0.3, -0.25) is 0 Å². The predicted molar refractivity (Wildman–Crippen MR) is 33.6 cm³/mol. The number of quaternary nitrogens is 1. The summed E-state index contributed by atoms with van der Waals surface area (Å²) in [5.41, 5.74) is 0.624. The number of hydrogen-bond donors (Lipinski definition) is 1. The third-order valence-corrected chi connectivity index (χ3v) is 2.54. The van der Waals surface area contributed by atoms with E-state index in [1.165, 1.54) is 12.8 Å². The quantitative estimate of drug-likeness (QED) is 0.473. The summed E-state index contributed by atoms with van der Waals surface area (Å²) in [5.74, 6) is 0. The van der Waals surface area contributed by atoms with Gasteiger partial charge in [0, 0.05) is 18.3 Å². The van der Waals surface area contributed by atoms with Gasteiger partial charge in [0.25, 0.3) is 0 Å². The van der Waals surface area contributed by atoms with Gasteiger partial charge in [0.1, 0.15) is 0 Å². The van der Waals surface area contributed by atoms with Gasteiger partial charge in [0.05, 0.1) is 19.3 Å². The van der Waals surface area contributed by atoms with Crippen LogP contribution in [0.4, 0.5) is 0 Å². The Morgan fingerprint density at radius 1 is 1.44 bits per heavy atom. The molecule has 2 fully saturated rings. The van der Waals surface area contributed by atoms with E-state index in [-0.39, 0.29) is 0 Å². The van der Waals surface area contributed by atoms with E-state index in [1.807, 2.05) is 0 Å². The first kappa shape index (κ1) is 5.69. The summed E-state index contributed by atoms with van der Waals surface area (Å²) in [6, 6.07) is 0.800. The first-order chi connectivity index (χ1) is 4.35. The lowest BCUT2D eigenvalue weighted by Gasteiger charge is -2.52. The van der Waals surface area contributed by atoms with Gasteiger partial charge in [0.2, 0.25) is 0 Å². The minimum Gasteiger partial charge on any atom is -0.476 e. The molecular formula is C7H13NO. The summed E-state index contributed by atoms with van der Waals surface area (Å²) in [5, 5.41) is 2.07. The van der Waals surface area contributed by atoms with Crippen LogP contribution in [0.2, 0.25) is 0 Å². The normalized spacial score (nSPS) is 31.7. The molecule has 2 nitrogen and oxygen atoms in total. The van der Waals surface area contributed by atoms with Gasteiger partial charge < -0.3 is 10.1 Å². The average Bonchev–Trinajstić information content (AvgIpc) is 1.59. The van der Waals surface area contributed by atoms with E-state index in [4.69, 9.17) is 4.74 Å². The van der Waals surface area contributed by atoms with E-state index >= 15 is 0 Å². The molecule has 0 radical (unpaired) electrons. The second-order valence-electron chi connectivity index (χ2n) is 3.40. The molecule has 1 heterocycles. The lowest BCUT2D eigenvalue weighted by Crippen LogP contribution is -2.89. The van der Waals surface area contributed by atoms with E-state index in [1.54, 1.807) is 0 Å². The number of rotatable bonds is 1. The van der Waals surface area contributed by atoms with Crippen molar-refractivity contribution in [1.29, 1.82) is 0 Å². The summed E-state index contributed by atoms with van der Waals surface area (Å²) in [6.45, 7) is 2.02. The maximum atomic E-state index is 5.14. The molecule has 0 bridgehead atoms.